The van der Waals surface area contributed by atoms with Crippen LogP contribution in [0.15, 0.2) is 47.4 Å². The minimum atomic E-state index is -0.156. The molecule has 0 saturated carbocycles. The molecule has 5 nitrogen and oxygen atoms in total. The molecule has 0 radical (unpaired) electrons. The number of hydrogen-bond donors (Lipinski definition) is 1. The van der Waals surface area contributed by atoms with E-state index in [9.17, 15) is 9.59 Å². The average molecular weight is 382 g/mol. The van der Waals surface area contributed by atoms with Gasteiger partial charge in [0.2, 0.25) is 0 Å². The van der Waals surface area contributed by atoms with E-state index >= 15 is 0 Å². The highest BCUT2D eigenvalue weighted by atomic mass is 35.5. The lowest BCUT2D eigenvalue weighted by Crippen LogP contribution is -2.38. The predicted octanol–water partition coefficient (Wildman–Crippen LogP) is 2.41. The van der Waals surface area contributed by atoms with Crippen molar-refractivity contribution in [3.63, 3.8) is 0 Å². The van der Waals surface area contributed by atoms with E-state index in [1.807, 2.05) is 25.2 Å². The number of benzene rings is 1. The first kappa shape index (κ1) is 19.5. The van der Waals surface area contributed by atoms with Crippen LogP contribution in [0.3, 0.4) is 0 Å². The van der Waals surface area contributed by atoms with Crippen LogP contribution in [0.4, 0.5) is 0 Å². The van der Waals surface area contributed by atoms with Crippen LogP contribution >= 0.6 is 24.0 Å². The zero-order valence-electron chi connectivity index (χ0n) is 13.9. The fourth-order valence-electron chi connectivity index (χ4n) is 2.93. The zero-order valence-corrected chi connectivity index (χ0v) is 15.5. The Labute approximate surface area is 158 Å². The van der Waals surface area contributed by atoms with E-state index < -0.39 is 0 Å². The normalized spacial score (nSPS) is 16.3. The molecule has 2 aromatic rings. The largest absolute Gasteiger partial charge is 0.337 e. The number of nitrogens with zero attached hydrogens (tertiary/aromatic N) is 2. The number of hydrogen-bond acceptors (Lipinski definition) is 3. The number of carbonyl (C=O) groups excluding carboxylic acids is 1. The highest BCUT2D eigenvalue weighted by Crippen LogP contribution is 2.16. The molecule has 1 saturated heterocycles. The van der Waals surface area contributed by atoms with Crippen LogP contribution in [0.1, 0.15) is 22.3 Å². The maximum absolute atomic E-state index is 12.7. The lowest BCUT2D eigenvalue weighted by molar-refractivity contribution is 0.0743. The fourth-order valence-corrected chi connectivity index (χ4v) is 3.13. The number of pyridine rings is 1. The van der Waals surface area contributed by atoms with Crippen molar-refractivity contribution in [2.75, 3.05) is 20.1 Å². The summed E-state index contributed by atoms with van der Waals surface area (Å²) in [6.45, 7) is 2.07. The van der Waals surface area contributed by atoms with Gasteiger partial charge in [-0.3, -0.25) is 9.59 Å². The minimum Gasteiger partial charge on any atom is -0.337 e. The Morgan fingerprint density at radius 3 is 2.76 bits per heavy atom. The SMILES string of the molecule is CN(C(=O)c1ccc(=O)n(Cc2ccccc2Cl)c1)C1CCNC1.Cl. The molecule has 0 bridgehead atoms. The monoisotopic (exact) mass is 381 g/mol. The van der Waals surface area contributed by atoms with Crippen LogP contribution in [-0.4, -0.2) is 41.6 Å². The van der Waals surface area contributed by atoms with Crippen molar-refractivity contribution in [2.24, 2.45) is 0 Å². The smallest absolute Gasteiger partial charge is 0.255 e. The Morgan fingerprint density at radius 2 is 2.08 bits per heavy atom. The van der Waals surface area contributed by atoms with Crippen molar-refractivity contribution in [1.29, 1.82) is 0 Å². The maximum atomic E-state index is 12.7. The van der Waals surface area contributed by atoms with E-state index in [2.05, 4.69) is 5.32 Å². The summed E-state index contributed by atoms with van der Waals surface area (Å²) in [6.07, 6.45) is 2.56. The van der Waals surface area contributed by atoms with Gasteiger partial charge in [-0.05, 0) is 30.7 Å². The Balaban J connectivity index is 0.00000225. The molecule has 1 aromatic heterocycles. The van der Waals surface area contributed by atoms with Gasteiger partial charge in [-0.25, -0.2) is 0 Å². The molecule has 0 spiro atoms. The molecule has 2 heterocycles. The molecule has 0 aliphatic carbocycles. The van der Waals surface area contributed by atoms with Crippen LogP contribution in [0.25, 0.3) is 0 Å². The Morgan fingerprint density at radius 1 is 1.32 bits per heavy atom. The molecular weight excluding hydrogens is 361 g/mol. The van der Waals surface area contributed by atoms with Crippen molar-refractivity contribution in [1.82, 2.24) is 14.8 Å². The van der Waals surface area contributed by atoms with Gasteiger partial charge in [0.15, 0.2) is 0 Å². The summed E-state index contributed by atoms with van der Waals surface area (Å²) in [7, 11) is 1.81. The number of rotatable bonds is 4. The van der Waals surface area contributed by atoms with E-state index in [4.69, 9.17) is 11.6 Å². The zero-order chi connectivity index (χ0) is 17.1. The van der Waals surface area contributed by atoms with E-state index in [1.54, 1.807) is 23.2 Å². The second kappa shape index (κ2) is 8.52. The molecule has 1 aliphatic rings. The number of aromatic nitrogens is 1. The standard InChI is InChI=1S/C18H20ClN3O2.ClH/c1-21(15-8-9-20-10-15)18(24)14-6-7-17(23)22(12-14)11-13-4-2-3-5-16(13)19;/h2-7,12,15,20H,8-11H2,1H3;1H. The second-order valence-electron chi connectivity index (χ2n) is 6.04. The molecule has 1 N–H and O–H groups in total. The molecule has 1 aromatic carbocycles. The van der Waals surface area contributed by atoms with Crippen molar-refractivity contribution >= 4 is 29.9 Å². The average Bonchev–Trinajstić information content (AvgIpc) is 3.12. The summed E-state index contributed by atoms with van der Waals surface area (Å²) < 4.78 is 1.52. The van der Waals surface area contributed by atoms with Gasteiger partial charge in [0.1, 0.15) is 0 Å². The first-order valence-electron chi connectivity index (χ1n) is 7.98. The summed E-state index contributed by atoms with van der Waals surface area (Å²) in [5, 5.41) is 3.86. The van der Waals surface area contributed by atoms with Crippen LogP contribution in [0.2, 0.25) is 5.02 Å². The third kappa shape index (κ3) is 4.42. The van der Waals surface area contributed by atoms with Gasteiger partial charge in [-0.1, -0.05) is 29.8 Å². The third-order valence-corrected chi connectivity index (χ3v) is 4.80. The first-order valence-corrected chi connectivity index (χ1v) is 8.36. The number of amides is 1. The lowest BCUT2D eigenvalue weighted by Gasteiger charge is -2.24. The summed E-state index contributed by atoms with van der Waals surface area (Å²) in [4.78, 5) is 26.5. The van der Waals surface area contributed by atoms with Crippen LogP contribution in [0.5, 0.6) is 0 Å². The van der Waals surface area contributed by atoms with E-state index in [0.29, 0.717) is 17.1 Å². The topological polar surface area (TPSA) is 54.3 Å². The Kier molecular flexibility index (Phi) is 6.64. The van der Waals surface area contributed by atoms with Gasteiger partial charge in [-0.15, -0.1) is 12.4 Å². The first-order chi connectivity index (χ1) is 11.6. The summed E-state index contributed by atoms with van der Waals surface area (Å²) in [5.41, 5.74) is 1.20. The molecule has 1 fully saturated rings. The van der Waals surface area contributed by atoms with Gasteiger partial charge in [0.05, 0.1) is 12.1 Å². The maximum Gasteiger partial charge on any atom is 0.255 e. The van der Waals surface area contributed by atoms with Gasteiger partial charge < -0.3 is 14.8 Å². The fraction of sp³-hybridized carbons (Fsp3) is 0.333. The van der Waals surface area contributed by atoms with Crippen molar-refractivity contribution in [3.8, 4) is 0 Å². The summed E-state index contributed by atoms with van der Waals surface area (Å²) >= 11 is 6.17. The summed E-state index contributed by atoms with van der Waals surface area (Å²) in [5.74, 6) is -0.0726. The van der Waals surface area contributed by atoms with Crippen molar-refractivity contribution in [2.45, 2.75) is 19.0 Å². The van der Waals surface area contributed by atoms with Crippen LogP contribution < -0.4 is 10.9 Å². The number of nitrogens with one attached hydrogen (secondary N) is 1. The summed E-state index contributed by atoms with van der Waals surface area (Å²) in [6, 6.07) is 10.6. The van der Waals surface area contributed by atoms with Crippen LogP contribution in [-0.2, 0) is 6.54 Å². The van der Waals surface area contributed by atoms with Gasteiger partial charge in [0.25, 0.3) is 11.5 Å². The van der Waals surface area contributed by atoms with E-state index in [0.717, 1.165) is 25.1 Å². The molecule has 7 heteroatoms. The quantitative estimate of drug-likeness (QED) is 0.884. The van der Waals surface area contributed by atoms with Gasteiger partial charge in [0, 0.05) is 36.9 Å². The molecular formula is C18H21Cl2N3O2. The van der Waals surface area contributed by atoms with Crippen LogP contribution in [0, 0.1) is 0 Å². The highest BCUT2D eigenvalue weighted by molar-refractivity contribution is 6.31. The Bertz CT molecular complexity index is 801. The molecule has 134 valence electrons. The minimum absolute atomic E-state index is 0. The molecule has 3 rings (SSSR count). The highest BCUT2D eigenvalue weighted by Gasteiger charge is 2.24. The molecule has 25 heavy (non-hydrogen) atoms. The second-order valence-corrected chi connectivity index (χ2v) is 6.45. The van der Waals surface area contributed by atoms with Crippen molar-refractivity contribution in [3.05, 3.63) is 69.1 Å². The third-order valence-electron chi connectivity index (χ3n) is 4.43. The Hall–Kier alpha value is -1.82. The number of likely N-dealkylation sites (N-methyl/N-ethyl adjacent to an activating group) is 1. The van der Waals surface area contributed by atoms with Gasteiger partial charge >= 0.3 is 0 Å². The molecule has 1 unspecified atom stereocenters. The van der Waals surface area contributed by atoms with Gasteiger partial charge in [-0.2, -0.15) is 0 Å². The molecule has 1 atom stereocenters. The lowest BCUT2D eigenvalue weighted by atomic mass is 10.1. The number of halogens is 2. The molecule has 1 aliphatic heterocycles. The predicted molar refractivity (Wildman–Crippen MR) is 102 cm³/mol. The van der Waals surface area contributed by atoms with E-state index in [1.165, 1.54) is 10.6 Å². The van der Waals surface area contributed by atoms with E-state index in [-0.39, 0.29) is 29.9 Å². The molecule has 1 amide bonds. The van der Waals surface area contributed by atoms with Crippen molar-refractivity contribution < 1.29 is 4.79 Å². The number of carbonyl (C=O) groups is 1.